The second-order valence-corrected chi connectivity index (χ2v) is 4.32. The molecule has 21 heavy (non-hydrogen) atoms. The Morgan fingerprint density at radius 2 is 2.05 bits per heavy atom. The van der Waals surface area contributed by atoms with E-state index in [1.54, 1.807) is 6.07 Å². The first-order valence-electron chi connectivity index (χ1n) is 6.05. The summed E-state index contributed by atoms with van der Waals surface area (Å²) in [5, 5.41) is 12.0. The average molecular weight is 299 g/mol. The molecule has 2 aromatic rings. The van der Waals surface area contributed by atoms with Crippen LogP contribution in [0.15, 0.2) is 47.1 Å². The van der Waals surface area contributed by atoms with Gasteiger partial charge < -0.3 is 14.8 Å². The van der Waals surface area contributed by atoms with Crippen molar-refractivity contribution in [1.29, 1.82) is 0 Å². The van der Waals surface area contributed by atoms with Crippen molar-refractivity contribution < 1.29 is 27.5 Å². The van der Waals surface area contributed by atoms with Crippen LogP contribution in [0.4, 0.5) is 13.2 Å². The van der Waals surface area contributed by atoms with Gasteiger partial charge in [0.2, 0.25) is 0 Å². The van der Waals surface area contributed by atoms with E-state index in [4.69, 9.17) is 4.42 Å². The third-order valence-corrected chi connectivity index (χ3v) is 2.78. The molecule has 0 aliphatic heterocycles. The third-order valence-electron chi connectivity index (χ3n) is 2.78. The molecule has 1 atom stereocenters. The molecule has 0 spiro atoms. The maximum Gasteiger partial charge on any atom is 0.416 e. The van der Waals surface area contributed by atoms with Gasteiger partial charge in [-0.2, -0.15) is 13.2 Å². The Morgan fingerprint density at radius 1 is 1.29 bits per heavy atom. The number of aliphatic hydroxyl groups is 1. The molecule has 1 amide bonds. The fourth-order valence-electron chi connectivity index (χ4n) is 1.71. The first-order chi connectivity index (χ1) is 9.88. The molecule has 0 fully saturated rings. The number of benzene rings is 1. The Bertz CT molecular complexity index is 608. The number of aliphatic hydroxyl groups excluding tert-OH is 1. The molecule has 1 unspecified atom stereocenters. The molecule has 2 N–H and O–H groups in total. The van der Waals surface area contributed by atoms with Crippen LogP contribution in [0.5, 0.6) is 0 Å². The highest BCUT2D eigenvalue weighted by molar-refractivity contribution is 5.94. The lowest BCUT2D eigenvalue weighted by Gasteiger charge is -2.11. The van der Waals surface area contributed by atoms with E-state index in [2.05, 4.69) is 5.32 Å². The summed E-state index contributed by atoms with van der Waals surface area (Å²) < 4.78 is 42.6. The van der Waals surface area contributed by atoms with Gasteiger partial charge in [-0.25, -0.2) is 0 Å². The monoisotopic (exact) mass is 299 g/mol. The van der Waals surface area contributed by atoms with Gasteiger partial charge in [-0.3, -0.25) is 4.79 Å². The van der Waals surface area contributed by atoms with Crippen LogP contribution in [-0.4, -0.2) is 17.6 Å². The highest BCUT2D eigenvalue weighted by Gasteiger charge is 2.30. The zero-order chi connectivity index (χ0) is 15.5. The highest BCUT2D eigenvalue weighted by atomic mass is 19.4. The van der Waals surface area contributed by atoms with E-state index in [1.807, 2.05) is 0 Å². The van der Waals surface area contributed by atoms with Crippen molar-refractivity contribution in [3.8, 4) is 0 Å². The Balaban J connectivity index is 2.01. The topological polar surface area (TPSA) is 62.5 Å². The molecule has 1 aromatic heterocycles. The van der Waals surface area contributed by atoms with E-state index in [0.717, 1.165) is 18.2 Å². The van der Waals surface area contributed by atoms with E-state index < -0.39 is 23.8 Å². The van der Waals surface area contributed by atoms with Crippen molar-refractivity contribution in [3.63, 3.8) is 0 Å². The average Bonchev–Trinajstić information content (AvgIpc) is 2.98. The summed E-state index contributed by atoms with van der Waals surface area (Å²) in [5.74, 6) is -0.439. The number of nitrogens with one attached hydrogen (secondary N) is 1. The van der Waals surface area contributed by atoms with Crippen molar-refractivity contribution in [1.82, 2.24) is 5.32 Å². The third kappa shape index (κ3) is 3.85. The van der Waals surface area contributed by atoms with Gasteiger partial charge in [0, 0.05) is 5.56 Å². The number of amides is 1. The molecular formula is C14H12F3NO3. The lowest BCUT2D eigenvalue weighted by atomic mass is 10.1. The molecule has 1 heterocycles. The highest BCUT2D eigenvalue weighted by Crippen LogP contribution is 2.29. The molecule has 4 nitrogen and oxygen atoms in total. The minimum Gasteiger partial charge on any atom is -0.467 e. The summed E-state index contributed by atoms with van der Waals surface area (Å²) in [6.07, 6.45) is -4.20. The number of alkyl halides is 3. The van der Waals surface area contributed by atoms with E-state index in [9.17, 15) is 23.1 Å². The van der Waals surface area contributed by atoms with Crippen LogP contribution in [0.25, 0.3) is 0 Å². The summed E-state index contributed by atoms with van der Waals surface area (Å²) in [4.78, 5) is 11.8. The molecule has 0 radical (unpaired) electrons. The molecule has 0 aliphatic rings. The van der Waals surface area contributed by atoms with Gasteiger partial charge >= 0.3 is 6.18 Å². The fourth-order valence-corrected chi connectivity index (χ4v) is 1.71. The lowest BCUT2D eigenvalue weighted by molar-refractivity contribution is -0.137. The van der Waals surface area contributed by atoms with E-state index in [-0.39, 0.29) is 17.9 Å². The first kappa shape index (κ1) is 15.1. The molecule has 0 aliphatic carbocycles. The molecule has 2 rings (SSSR count). The first-order valence-corrected chi connectivity index (χ1v) is 6.05. The van der Waals surface area contributed by atoms with Gasteiger partial charge in [-0.05, 0) is 30.3 Å². The normalized spacial score (nSPS) is 13.0. The van der Waals surface area contributed by atoms with Crippen molar-refractivity contribution in [2.24, 2.45) is 0 Å². The standard InChI is InChI=1S/C14H12F3NO3/c15-14(16,17)10-4-1-3-9(7-10)13(20)18-8-11(19)12-5-2-6-21-12/h1-7,11,19H,8H2,(H,18,20). The second kappa shape index (κ2) is 6.01. The number of rotatable bonds is 4. The molecule has 7 heteroatoms. The van der Waals surface area contributed by atoms with Crippen LogP contribution >= 0.6 is 0 Å². The lowest BCUT2D eigenvalue weighted by Crippen LogP contribution is -2.28. The Morgan fingerprint density at radius 3 is 2.67 bits per heavy atom. The maximum absolute atomic E-state index is 12.5. The molecule has 112 valence electrons. The van der Waals surface area contributed by atoms with Crippen LogP contribution in [0, 0.1) is 0 Å². The number of halogens is 3. The van der Waals surface area contributed by atoms with Crippen LogP contribution in [0.3, 0.4) is 0 Å². The number of carbonyl (C=O) groups excluding carboxylic acids is 1. The number of hydrogen-bond acceptors (Lipinski definition) is 3. The quantitative estimate of drug-likeness (QED) is 0.912. The van der Waals surface area contributed by atoms with Crippen LogP contribution < -0.4 is 5.32 Å². The van der Waals surface area contributed by atoms with Gasteiger partial charge in [0.25, 0.3) is 5.91 Å². The van der Waals surface area contributed by atoms with Crippen molar-refractivity contribution in [2.75, 3.05) is 6.54 Å². The SMILES string of the molecule is O=C(NCC(O)c1ccco1)c1cccc(C(F)(F)F)c1. The zero-order valence-corrected chi connectivity index (χ0v) is 10.7. The predicted molar refractivity (Wildman–Crippen MR) is 67.4 cm³/mol. The van der Waals surface area contributed by atoms with Crippen molar-refractivity contribution in [2.45, 2.75) is 12.3 Å². The Kier molecular flexibility index (Phi) is 4.32. The van der Waals surface area contributed by atoms with Crippen LogP contribution in [0.1, 0.15) is 27.8 Å². The van der Waals surface area contributed by atoms with E-state index in [1.165, 1.54) is 18.4 Å². The minimum atomic E-state index is -4.51. The smallest absolute Gasteiger partial charge is 0.416 e. The fraction of sp³-hybridized carbons (Fsp3) is 0.214. The maximum atomic E-state index is 12.5. The van der Waals surface area contributed by atoms with E-state index >= 15 is 0 Å². The van der Waals surface area contributed by atoms with Crippen molar-refractivity contribution in [3.05, 3.63) is 59.5 Å². The number of carbonyl (C=O) groups is 1. The zero-order valence-electron chi connectivity index (χ0n) is 10.7. The largest absolute Gasteiger partial charge is 0.467 e. The molecule has 0 saturated heterocycles. The van der Waals surface area contributed by atoms with Gasteiger partial charge in [-0.15, -0.1) is 0 Å². The second-order valence-electron chi connectivity index (χ2n) is 4.32. The van der Waals surface area contributed by atoms with Gasteiger partial charge in [-0.1, -0.05) is 6.07 Å². The summed E-state index contributed by atoms with van der Waals surface area (Å²) in [7, 11) is 0. The summed E-state index contributed by atoms with van der Waals surface area (Å²) >= 11 is 0. The number of furan rings is 1. The van der Waals surface area contributed by atoms with Gasteiger partial charge in [0.1, 0.15) is 11.9 Å². The van der Waals surface area contributed by atoms with Crippen LogP contribution in [-0.2, 0) is 6.18 Å². The van der Waals surface area contributed by atoms with Crippen LogP contribution in [0.2, 0.25) is 0 Å². The molecule has 1 aromatic carbocycles. The molecular weight excluding hydrogens is 287 g/mol. The minimum absolute atomic E-state index is 0.128. The molecule has 0 saturated carbocycles. The summed E-state index contributed by atoms with van der Waals surface area (Å²) in [6, 6.07) is 7.17. The predicted octanol–water partition coefficient (Wildman–Crippen LogP) is 2.76. The Hall–Kier alpha value is -2.28. The summed E-state index contributed by atoms with van der Waals surface area (Å²) in [6.45, 7) is -0.164. The van der Waals surface area contributed by atoms with Crippen molar-refractivity contribution >= 4 is 5.91 Å². The Labute approximate surface area is 118 Å². The van der Waals surface area contributed by atoms with Gasteiger partial charge in [0.05, 0.1) is 18.4 Å². The molecule has 0 bridgehead atoms. The number of hydrogen-bond donors (Lipinski definition) is 2. The summed E-state index contributed by atoms with van der Waals surface area (Å²) in [5.41, 5.74) is -1.03. The van der Waals surface area contributed by atoms with Gasteiger partial charge in [0.15, 0.2) is 0 Å². The van der Waals surface area contributed by atoms with E-state index in [0.29, 0.717) is 0 Å².